The second-order valence-corrected chi connectivity index (χ2v) is 3.92. The summed E-state index contributed by atoms with van der Waals surface area (Å²) in [7, 11) is 1.77. The molecule has 0 aromatic carbocycles. The van der Waals surface area contributed by atoms with Crippen LogP contribution < -0.4 is 5.32 Å². The van der Waals surface area contributed by atoms with E-state index in [4.69, 9.17) is 4.74 Å². The molecule has 0 unspecified atom stereocenters. The molecule has 1 aliphatic rings. The van der Waals surface area contributed by atoms with Gasteiger partial charge in [-0.15, -0.1) is 0 Å². The van der Waals surface area contributed by atoms with Crippen LogP contribution in [-0.4, -0.2) is 29.0 Å². The third kappa shape index (κ3) is 2.46. The van der Waals surface area contributed by atoms with Crippen molar-refractivity contribution in [3.63, 3.8) is 0 Å². The molecule has 15 heavy (non-hydrogen) atoms. The van der Waals surface area contributed by atoms with Crippen molar-refractivity contribution in [1.29, 1.82) is 0 Å². The average molecular weight is 207 g/mol. The van der Waals surface area contributed by atoms with Gasteiger partial charge in [0.25, 0.3) is 0 Å². The van der Waals surface area contributed by atoms with Crippen LogP contribution in [0.4, 0.5) is 0 Å². The molecule has 1 fully saturated rings. The molecule has 1 aliphatic carbocycles. The van der Waals surface area contributed by atoms with E-state index >= 15 is 0 Å². The lowest BCUT2D eigenvalue weighted by Gasteiger charge is -2.34. The van der Waals surface area contributed by atoms with Gasteiger partial charge >= 0.3 is 0 Å². The molecule has 0 radical (unpaired) electrons. The van der Waals surface area contributed by atoms with Crippen LogP contribution in [0.1, 0.15) is 18.4 Å². The molecule has 0 spiro atoms. The van der Waals surface area contributed by atoms with E-state index in [2.05, 4.69) is 17.0 Å². The number of methoxy groups -OCH3 is 1. The van der Waals surface area contributed by atoms with Gasteiger partial charge in [-0.3, -0.25) is 0 Å². The molecule has 1 heterocycles. The maximum atomic E-state index is 5.22. The summed E-state index contributed by atoms with van der Waals surface area (Å²) in [5.41, 5.74) is 1.19. The van der Waals surface area contributed by atoms with Crippen molar-refractivity contribution in [1.82, 2.24) is 15.1 Å². The van der Waals surface area contributed by atoms with Gasteiger partial charge in [-0.1, -0.05) is 6.58 Å². The number of ether oxygens (including phenoxy) is 1. The molecule has 1 aromatic heterocycles. The second kappa shape index (κ2) is 4.59. The molecule has 4 heteroatoms. The van der Waals surface area contributed by atoms with Crippen LogP contribution >= 0.6 is 0 Å². The van der Waals surface area contributed by atoms with Crippen molar-refractivity contribution in [2.45, 2.75) is 31.5 Å². The van der Waals surface area contributed by atoms with Crippen LogP contribution in [0.2, 0.25) is 0 Å². The number of aromatic nitrogens is 2. The molecule has 0 amide bonds. The Morgan fingerprint density at radius 3 is 3.13 bits per heavy atom. The third-order valence-corrected chi connectivity index (χ3v) is 2.87. The van der Waals surface area contributed by atoms with Crippen molar-refractivity contribution >= 4 is 6.20 Å². The number of rotatable bonds is 5. The molecule has 2 rings (SSSR count). The zero-order chi connectivity index (χ0) is 10.7. The number of nitrogens with zero attached hydrogens (tertiary/aromatic N) is 2. The highest BCUT2D eigenvalue weighted by Crippen LogP contribution is 2.22. The molecule has 0 bridgehead atoms. The van der Waals surface area contributed by atoms with Crippen molar-refractivity contribution in [2.75, 3.05) is 7.11 Å². The first-order chi connectivity index (χ1) is 7.31. The van der Waals surface area contributed by atoms with E-state index in [-0.39, 0.29) is 0 Å². The molecular weight excluding hydrogens is 190 g/mol. The highest BCUT2D eigenvalue weighted by Gasteiger charge is 2.28. The van der Waals surface area contributed by atoms with Crippen LogP contribution in [0.25, 0.3) is 6.20 Å². The maximum Gasteiger partial charge on any atom is 0.0601 e. The van der Waals surface area contributed by atoms with E-state index in [0.29, 0.717) is 12.1 Å². The number of nitrogens with one attached hydrogen (secondary N) is 1. The van der Waals surface area contributed by atoms with E-state index in [0.717, 1.165) is 19.4 Å². The second-order valence-electron chi connectivity index (χ2n) is 3.92. The van der Waals surface area contributed by atoms with Crippen LogP contribution in [0.15, 0.2) is 19.0 Å². The van der Waals surface area contributed by atoms with Gasteiger partial charge in [0, 0.05) is 37.7 Å². The minimum Gasteiger partial charge on any atom is -0.381 e. The molecule has 4 nitrogen and oxygen atoms in total. The zero-order valence-corrected chi connectivity index (χ0v) is 9.02. The first-order valence-electron chi connectivity index (χ1n) is 5.23. The fourth-order valence-electron chi connectivity index (χ4n) is 1.76. The fourth-order valence-corrected chi connectivity index (χ4v) is 1.76. The standard InChI is InChI=1S/C11H17N3O/c1-3-14-8-9(7-13-14)6-12-10-4-11(5-10)15-2/h3,7-8,10-12H,1,4-6H2,2H3. The van der Waals surface area contributed by atoms with E-state index in [9.17, 15) is 0 Å². The minimum atomic E-state index is 0.457. The van der Waals surface area contributed by atoms with Gasteiger partial charge < -0.3 is 10.1 Å². The average Bonchev–Trinajstić information content (AvgIpc) is 2.64. The Kier molecular flexibility index (Phi) is 3.18. The Hall–Kier alpha value is -1.13. The van der Waals surface area contributed by atoms with Gasteiger partial charge in [0.1, 0.15) is 0 Å². The van der Waals surface area contributed by atoms with Gasteiger partial charge in [0.05, 0.1) is 12.3 Å². The van der Waals surface area contributed by atoms with Crippen LogP contribution in [0.3, 0.4) is 0 Å². The van der Waals surface area contributed by atoms with E-state index in [1.807, 2.05) is 12.4 Å². The third-order valence-electron chi connectivity index (χ3n) is 2.87. The number of hydrogen-bond acceptors (Lipinski definition) is 3. The Labute approximate surface area is 89.9 Å². The van der Waals surface area contributed by atoms with Crippen molar-refractivity contribution in [2.24, 2.45) is 0 Å². The van der Waals surface area contributed by atoms with E-state index in [1.165, 1.54) is 5.56 Å². The SMILES string of the molecule is C=Cn1cc(CNC2CC(OC)C2)cn1. The molecule has 0 atom stereocenters. The molecular formula is C11H17N3O. The summed E-state index contributed by atoms with van der Waals surface area (Å²) in [5.74, 6) is 0. The summed E-state index contributed by atoms with van der Waals surface area (Å²) >= 11 is 0. The summed E-state index contributed by atoms with van der Waals surface area (Å²) in [6.45, 7) is 4.52. The quantitative estimate of drug-likeness (QED) is 0.789. The van der Waals surface area contributed by atoms with Gasteiger partial charge in [-0.25, -0.2) is 4.68 Å². The number of hydrogen-bond donors (Lipinski definition) is 1. The van der Waals surface area contributed by atoms with E-state index < -0.39 is 0 Å². The zero-order valence-electron chi connectivity index (χ0n) is 9.02. The molecule has 1 aromatic rings. The largest absolute Gasteiger partial charge is 0.381 e. The van der Waals surface area contributed by atoms with Crippen LogP contribution in [0, 0.1) is 0 Å². The summed E-state index contributed by atoms with van der Waals surface area (Å²) < 4.78 is 6.94. The lowest BCUT2D eigenvalue weighted by Crippen LogP contribution is -2.44. The summed E-state index contributed by atoms with van der Waals surface area (Å²) in [6.07, 6.45) is 8.22. The maximum absolute atomic E-state index is 5.22. The first-order valence-corrected chi connectivity index (χ1v) is 5.23. The summed E-state index contributed by atoms with van der Waals surface area (Å²) in [4.78, 5) is 0. The lowest BCUT2D eigenvalue weighted by molar-refractivity contribution is 0.0170. The predicted molar refractivity (Wildman–Crippen MR) is 59.3 cm³/mol. The van der Waals surface area contributed by atoms with Crippen molar-refractivity contribution in [3.8, 4) is 0 Å². The molecule has 1 N–H and O–H groups in total. The molecule has 1 saturated carbocycles. The highest BCUT2D eigenvalue weighted by molar-refractivity contribution is 5.17. The normalized spacial score (nSPS) is 24.9. The Morgan fingerprint density at radius 1 is 1.73 bits per heavy atom. The fraction of sp³-hybridized carbons (Fsp3) is 0.545. The first kappa shape index (κ1) is 10.4. The van der Waals surface area contributed by atoms with Gasteiger partial charge in [-0.2, -0.15) is 5.10 Å². The Balaban J connectivity index is 1.72. The van der Waals surface area contributed by atoms with Crippen molar-refractivity contribution < 1.29 is 4.74 Å². The molecule has 82 valence electrons. The Bertz CT molecular complexity index is 328. The summed E-state index contributed by atoms with van der Waals surface area (Å²) in [6, 6.07) is 0.599. The van der Waals surface area contributed by atoms with Gasteiger partial charge in [0.15, 0.2) is 0 Å². The van der Waals surface area contributed by atoms with Crippen LogP contribution in [-0.2, 0) is 11.3 Å². The smallest absolute Gasteiger partial charge is 0.0601 e. The van der Waals surface area contributed by atoms with E-state index in [1.54, 1.807) is 18.0 Å². The lowest BCUT2D eigenvalue weighted by atomic mass is 9.89. The monoisotopic (exact) mass is 207 g/mol. The van der Waals surface area contributed by atoms with Crippen LogP contribution in [0.5, 0.6) is 0 Å². The van der Waals surface area contributed by atoms with Crippen molar-refractivity contribution in [3.05, 3.63) is 24.5 Å². The van der Waals surface area contributed by atoms with Gasteiger partial charge in [-0.05, 0) is 12.8 Å². The van der Waals surface area contributed by atoms with Gasteiger partial charge in [0.2, 0.25) is 0 Å². The Morgan fingerprint density at radius 2 is 2.53 bits per heavy atom. The minimum absolute atomic E-state index is 0.457. The molecule has 0 saturated heterocycles. The summed E-state index contributed by atoms with van der Waals surface area (Å²) in [5, 5.41) is 7.59. The highest BCUT2D eigenvalue weighted by atomic mass is 16.5. The molecule has 0 aliphatic heterocycles. The topological polar surface area (TPSA) is 39.1 Å². The predicted octanol–water partition coefficient (Wildman–Crippen LogP) is 1.25.